The maximum Gasteiger partial charge on any atom is 0.0934 e. The van der Waals surface area contributed by atoms with Crippen LogP contribution in [0.2, 0.25) is 0 Å². The molecule has 2 nitrogen and oxygen atoms in total. The van der Waals surface area contributed by atoms with Gasteiger partial charge in [0.25, 0.3) is 0 Å². The average molecular weight is 298 g/mol. The number of benzene rings is 3. The van der Waals surface area contributed by atoms with Crippen LogP contribution in [0.25, 0.3) is 27.8 Å². The van der Waals surface area contributed by atoms with Gasteiger partial charge < -0.3 is 0 Å². The van der Waals surface area contributed by atoms with Crippen LogP contribution in [0.1, 0.15) is 11.1 Å². The smallest absolute Gasteiger partial charge is 0.0934 e. The lowest BCUT2D eigenvalue weighted by molar-refractivity contribution is 0.903. The summed E-state index contributed by atoms with van der Waals surface area (Å²) in [5.74, 6) is 0. The Morgan fingerprint density at radius 3 is 2.17 bits per heavy atom. The lowest BCUT2D eigenvalue weighted by Gasteiger charge is -2.08. The van der Waals surface area contributed by atoms with Crippen LogP contribution in [0, 0.1) is 13.8 Å². The number of aryl methyl sites for hydroxylation is 2. The molecule has 4 aromatic rings. The van der Waals surface area contributed by atoms with Crippen LogP contribution in [0.15, 0.2) is 72.8 Å². The molecule has 4 rings (SSSR count). The minimum atomic E-state index is 1.02. The summed E-state index contributed by atoms with van der Waals surface area (Å²) in [5, 5.41) is 6.04. The van der Waals surface area contributed by atoms with Crippen molar-refractivity contribution in [1.29, 1.82) is 0 Å². The number of aromatic nitrogens is 2. The van der Waals surface area contributed by atoms with E-state index < -0.39 is 0 Å². The van der Waals surface area contributed by atoms with Crippen LogP contribution in [0.3, 0.4) is 0 Å². The fourth-order valence-corrected chi connectivity index (χ4v) is 2.95. The van der Waals surface area contributed by atoms with Crippen LogP contribution >= 0.6 is 0 Å². The largest absolute Gasteiger partial charge is 0.232 e. The van der Waals surface area contributed by atoms with E-state index in [4.69, 9.17) is 5.10 Å². The molecule has 0 amide bonds. The second-order valence-electron chi connectivity index (χ2n) is 5.98. The predicted octanol–water partition coefficient (Wildman–Crippen LogP) is 5.31. The first kappa shape index (κ1) is 13.8. The maximum absolute atomic E-state index is 4.85. The Bertz CT molecular complexity index is 964. The molecule has 0 saturated carbocycles. The van der Waals surface area contributed by atoms with Crippen molar-refractivity contribution in [3.05, 3.63) is 83.9 Å². The molecule has 0 bridgehead atoms. The van der Waals surface area contributed by atoms with Crippen LogP contribution in [0.5, 0.6) is 0 Å². The van der Waals surface area contributed by atoms with Crippen molar-refractivity contribution in [3.63, 3.8) is 0 Å². The lowest BCUT2D eigenvalue weighted by Crippen LogP contribution is -1.98. The molecule has 0 radical (unpaired) electrons. The van der Waals surface area contributed by atoms with E-state index >= 15 is 0 Å². The van der Waals surface area contributed by atoms with Gasteiger partial charge >= 0.3 is 0 Å². The molecule has 112 valence electrons. The summed E-state index contributed by atoms with van der Waals surface area (Å²) in [6.07, 6.45) is 0. The molecular weight excluding hydrogens is 280 g/mol. The van der Waals surface area contributed by atoms with Gasteiger partial charge in [-0.15, -0.1) is 0 Å². The Hall–Kier alpha value is -2.87. The van der Waals surface area contributed by atoms with Gasteiger partial charge in [-0.1, -0.05) is 59.7 Å². The predicted molar refractivity (Wildman–Crippen MR) is 96.0 cm³/mol. The molecule has 0 unspecified atom stereocenters. The van der Waals surface area contributed by atoms with Gasteiger partial charge in [0.1, 0.15) is 0 Å². The van der Waals surface area contributed by atoms with Crippen molar-refractivity contribution >= 4 is 10.9 Å². The van der Waals surface area contributed by atoms with Gasteiger partial charge in [-0.05, 0) is 38.1 Å². The third kappa shape index (κ3) is 2.42. The monoisotopic (exact) mass is 298 g/mol. The summed E-state index contributed by atoms with van der Waals surface area (Å²) in [6, 6.07) is 25.4. The molecule has 0 N–H and O–H groups in total. The second kappa shape index (κ2) is 5.40. The highest BCUT2D eigenvalue weighted by Crippen LogP contribution is 2.31. The first-order chi connectivity index (χ1) is 11.2. The Kier molecular flexibility index (Phi) is 3.23. The molecule has 3 aromatic carbocycles. The SMILES string of the molecule is Cc1ccc(-n2nc3ccc(C)cc3c2-c2ccccc2)cc1. The van der Waals surface area contributed by atoms with Crippen molar-refractivity contribution in [2.45, 2.75) is 13.8 Å². The number of hydrogen-bond acceptors (Lipinski definition) is 1. The van der Waals surface area contributed by atoms with E-state index in [9.17, 15) is 0 Å². The minimum absolute atomic E-state index is 1.02. The number of rotatable bonds is 2. The van der Waals surface area contributed by atoms with Crippen molar-refractivity contribution < 1.29 is 0 Å². The summed E-state index contributed by atoms with van der Waals surface area (Å²) in [4.78, 5) is 0. The third-order valence-corrected chi connectivity index (χ3v) is 4.15. The van der Waals surface area contributed by atoms with Crippen molar-refractivity contribution in [2.24, 2.45) is 0 Å². The fraction of sp³-hybridized carbons (Fsp3) is 0.0952. The summed E-state index contributed by atoms with van der Waals surface area (Å²) >= 11 is 0. The number of fused-ring (bicyclic) bond motifs is 1. The van der Waals surface area contributed by atoms with Gasteiger partial charge in [0.05, 0.1) is 16.9 Å². The zero-order chi connectivity index (χ0) is 15.8. The molecule has 0 fully saturated rings. The van der Waals surface area contributed by atoms with Gasteiger partial charge in [-0.3, -0.25) is 0 Å². The van der Waals surface area contributed by atoms with E-state index in [0.717, 1.165) is 16.9 Å². The standard InChI is InChI=1S/C21H18N2/c1-15-8-11-18(12-9-15)23-21(17-6-4-3-5-7-17)19-14-16(2)10-13-20(19)22-23/h3-14H,1-2H3. The molecule has 23 heavy (non-hydrogen) atoms. The lowest BCUT2D eigenvalue weighted by atomic mass is 10.1. The van der Waals surface area contributed by atoms with Crippen molar-refractivity contribution in [2.75, 3.05) is 0 Å². The van der Waals surface area contributed by atoms with E-state index in [1.54, 1.807) is 0 Å². The van der Waals surface area contributed by atoms with Crippen LogP contribution in [-0.2, 0) is 0 Å². The van der Waals surface area contributed by atoms with Crippen molar-refractivity contribution in [3.8, 4) is 16.9 Å². The summed E-state index contributed by atoms with van der Waals surface area (Å²) in [7, 11) is 0. The Morgan fingerprint density at radius 2 is 1.43 bits per heavy atom. The molecule has 2 heteroatoms. The summed E-state index contributed by atoms with van der Waals surface area (Å²) < 4.78 is 2.05. The normalized spacial score (nSPS) is 11.0. The fourth-order valence-electron chi connectivity index (χ4n) is 2.95. The molecule has 0 aliphatic carbocycles. The topological polar surface area (TPSA) is 17.8 Å². The van der Waals surface area contributed by atoms with E-state index in [1.165, 1.54) is 22.1 Å². The zero-order valence-electron chi connectivity index (χ0n) is 13.3. The van der Waals surface area contributed by atoms with E-state index in [1.807, 2.05) is 6.07 Å². The quantitative estimate of drug-likeness (QED) is 0.490. The molecule has 1 aromatic heterocycles. The van der Waals surface area contributed by atoms with Crippen LogP contribution in [0.4, 0.5) is 0 Å². The third-order valence-electron chi connectivity index (χ3n) is 4.15. The number of hydrogen-bond donors (Lipinski definition) is 0. The maximum atomic E-state index is 4.85. The average Bonchev–Trinajstić information content (AvgIpc) is 2.95. The van der Waals surface area contributed by atoms with Gasteiger partial charge in [-0.2, -0.15) is 5.10 Å². The van der Waals surface area contributed by atoms with Gasteiger partial charge in [0, 0.05) is 10.9 Å². The highest BCUT2D eigenvalue weighted by molar-refractivity contribution is 5.94. The summed E-state index contributed by atoms with van der Waals surface area (Å²) in [6.45, 7) is 4.22. The molecule has 1 heterocycles. The molecular formula is C21H18N2. The first-order valence-corrected chi connectivity index (χ1v) is 7.84. The first-order valence-electron chi connectivity index (χ1n) is 7.84. The molecule has 0 aliphatic heterocycles. The molecule has 0 saturated heterocycles. The van der Waals surface area contributed by atoms with Gasteiger partial charge in [0.15, 0.2) is 0 Å². The summed E-state index contributed by atoms with van der Waals surface area (Å²) in [5.41, 5.74) is 6.94. The van der Waals surface area contributed by atoms with E-state index in [0.29, 0.717) is 0 Å². The minimum Gasteiger partial charge on any atom is -0.232 e. The van der Waals surface area contributed by atoms with Crippen LogP contribution in [-0.4, -0.2) is 9.78 Å². The number of nitrogens with zero attached hydrogens (tertiary/aromatic N) is 2. The molecule has 0 spiro atoms. The van der Waals surface area contributed by atoms with E-state index in [-0.39, 0.29) is 0 Å². The van der Waals surface area contributed by atoms with Crippen molar-refractivity contribution in [1.82, 2.24) is 9.78 Å². The van der Waals surface area contributed by atoms with Gasteiger partial charge in [-0.25, -0.2) is 4.68 Å². The Labute approximate surface area is 136 Å². The molecule has 0 aliphatic rings. The Morgan fingerprint density at radius 1 is 0.739 bits per heavy atom. The van der Waals surface area contributed by atoms with Gasteiger partial charge in [0.2, 0.25) is 0 Å². The van der Waals surface area contributed by atoms with E-state index in [2.05, 4.69) is 85.3 Å². The highest BCUT2D eigenvalue weighted by atomic mass is 15.3. The highest BCUT2D eigenvalue weighted by Gasteiger charge is 2.14. The van der Waals surface area contributed by atoms with Crippen LogP contribution < -0.4 is 0 Å². The second-order valence-corrected chi connectivity index (χ2v) is 5.98. The molecule has 0 atom stereocenters. The Balaban J connectivity index is 2.05. The zero-order valence-corrected chi connectivity index (χ0v) is 13.3.